The van der Waals surface area contributed by atoms with Gasteiger partial charge in [-0.1, -0.05) is 53.5 Å². The van der Waals surface area contributed by atoms with Crippen molar-refractivity contribution in [2.45, 2.75) is 19.5 Å². The number of ether oxygens (including phenoxy) is 1. The Morgan fingerprint density at radius 2 is 1.64 bits per heavy atom. The number of benzene rings is 3. The first-order chi connectivity index (χ1) is 15.6. The predicted molar refractivity (Wildman–Crippen MR) is 132 cm³/mol. The molecular weight excluding hydrogens is 483 g/mol. The van der Waals surface area contributed by atoms with Gasteiger partial charge in [-0.2, -0.15) is 0 Å². The largest absolute Gasteiger partial charge is 0.484 e. The molecule has 174 valence electrons. The smallest absolute Gasteiger partial charge is 0.258 e. The SMILES string of the molecule is CC(NC(=O)COc1ccc(N(Cc2ccccc2Cl)S(C)(=O)=O)cc1)c1ccc(Cl)cc1. The molecule has 33 heavy (non-hydrogen) atoms. The Hall–Kier alpha value is -2.74. The molecule has 6 nitrogen and oxygen atoms in total. The number of amides is 1. The van der Waals surface area contributed by atoms with Crippen molar-refractivity contribution in [3.63, 3.8) is 0 Å². The van der Waals surface area contributed by atoms with Crippen molar-refractivity contribution in [2.75, 3.05) is 17.2 Å². The molecule has 1 unspecified atom stereocenters. The van der Waals surface area contributed by atoms with Gasteiger partial charge in [0.2, 0.25) is 10.0 Å². The molecule has 9 heteroatoms. The van der Waals surface area contributed by atoms with Crippen molar-refractivity contribution in [3.05, 3.63) is 94.0 Å². The van der Waals surface area contributed by atoms with E-state index >= 15 is 0 Å². The van der Waals surface area contributed by atoms with Crippen LogP contribution in [-0.2, 0) is 21.4 Å². The molecule has 0 aliphatic carbocycles. The number of nitrogens with zero attached hydrogens (tertiary/aromatic N) is 1. The van der Waals surface area contributed by atoms with Crippen molar-refractivity contribution >= 4 is 44.8 Å². The Bertz CT molecular complexity index is 1200. The molecule has 0 aromatic heterocycles. The fraction of sp³-hybridized carbons (Fsp3) is 0.208. The summed E-state index contributed by atoms with van der Waals surface area (Å²) in [7, 11) is -3.55. The highest BCUT2D eigenvalue weighted by atomic mass is 35.5. The maximum absolute atomic E-state index is 12.4. The summed E-state index contributed by atoms with van der Waals surface area (Å²) >= 11 is 12.1. The minimum Gasteiger partial charge on any atom is -0.484 e. The Morgan fingerprint density at radius 3 is 2.24 bits per heavy atom. The average Bonchev–Trinajstić information content (AvgIpc) is 2.77. The minimum absolute atomic E-state index is 0.101. The fourth-order valence-corrected chi connectivity index (χ4v) is 4.36. The second-order valence-corrected chi connectivity index (χ2v) is 10.2. The topological polar surface area (TPSA) is 75.7 Å². The molecule has 3 aromatic rings. The van der Waals surface area contributed by atoms with Crippen LogP contribution in [0.25, 0.3) is 0 Å². The van der Waals surface area contributed by atoms with Crippen LogP contribution >= 0.6 is 23.2 Å². The average molecular weight is 507 g/mol. The molecule has 0 radical (unpaired) electrons. The van der Waals surface area contributed by atoms with Crippen LogP contribution in [-0.4, -0.2) is 27.2 Å². The van der Waals surface area contributed by atoms with Crippen molar-refractivity contribution in [1.82, 2.24) is 5.32 Å². The van der Waals surface area contributed by atoms with Gasteiger partial charge in [-0.05, 0) is 60.5 Å². The van der Waals surface area contributed by atoms with Crippen LogP contribution in [0, 0.1) is 0 Å². The van der Waals surface area contributed by atoms with Crippen LogP contribution in [0.1, 0.15) is 24.1 Å². The molecule has 0 saturated carbocycles. The van der Waals surface area contributed by atoms with Gasteiger partial charge in [-0.25, -0.2) is 8.42 Å². The van der Waals surface area contributed by atoms with Gasteiger partial charge >= 0.3 is 0 Å². The van der Waals surface area contributed by atoms with Crippen molar-refractivity contribution in [2.24, 2.45) is 0 Å². The molecule has 0 aliphatic heterocycles. The van der Waals surface area contributed by atoms with E-state index in [-0.39, 0.29) is 25.1 Å². The van der Waals surface area contributed by atoms with Gasteiger partial charge in [-0.15, -0.1) is 0 Å². The van der Waals surface area contributed by atoms with Gasteiger partial charge < -0.3 is 10.1 Å². The quantitative estimate of drug-likeness (QED) is 0.431. The van der Waals surface area contributed by atoms with Crippen molar-refractivity contribution in [1.29, 1.82) is 0 Å². The van der Waals surface area contributed by atoms with Gasteiger partial charge in [0.15, 0.2) is 6.61 Å². The Labute approximate surface area is 204 Å². The Kier molecular flexibility index (Phi) is 8.24. The third-order valence-electron chi connectivity index (χ3n) is 4.91. The van der Waals surface area contributed by atoms with E-state index in [9.17, 15) is 13.2 Å². The highest BCUT2D eigenvalue weighted by molar-refractivity contribution is 7.92. The molecule has 0 spiro atoms. The number of nitrogens with one attached hydrogen (secondary N) is 1. The molecule has 3 rings (SSSR count). The third kappa shape index (κ3) is 7.12. The van der Waals surface area contributed by atoms with E-state index in [0.29, 0.717) is 27.0 Å². The summed E-state index contributed by atoms with van der Waals surface area (Å²) in [6.45, 7) is 1.80. The number of sulfonamides is 1. The molecule has 1 N–H and O–H groups in total. The van der Waals surface area contributed by atoms with E-state index in [1.54, 1.807) is 60.7 Å². The highest BCUT2D eigenvalue weighted by Crippen LogP contribution is 2.26. The summed E-state index contributed by atoms with van der Waals surface area (Å²) in [6, 6.07) is 20.6. The van der Waals surface area contributed by atoms with Gasteiger partial charge in [0, 0.05) is 10.0 Å². The standard InChI is InChI=1S/C24H24Cl2N2O4S/c1-17(18-7-9-20(25)10-8-18)27-24(29)16-32-22-13-11-21(12-14-22)28(33(2,30)31)15-19-5-3-4-6-23(19)26/h3-14,17H,15-16H2,1-2H3,(H,27,29). The molecule has 3 aromatic carbocycles. The molecule has 1 atom stereocenters. The minimum atomic E-state index is -3.55. The van der Waals surface area contributed by atoms with Gasteiger partial charge in [0.1, 0.15) is 5.75 Å². The number of anilines is 1. The number of hydrogen-bond acceptors (Lipinski definition) is 4. The molecule has 0 fully saturated rings. The lowest BCUT2D eigenvalue weighted by atomic mass is 10.1. The Morgan fingerprint density at radius 1 is 1.00 bits per heavy atom. The number of hydrogen-bond donors (Lipinski definition) is 1. The number of rotatable bonds is 9. The lowest BCUT2D eigenvalue weighted by Gasteiger charge is -2.23. The normalized spacial score (nSPS) is 12.1. The van der Waals surface area contributed by atoms with Crippen LogP contribution < -0.4 is 14.4 Å². The van der Waals surface area contributed by atoms with Crippen LogP contribution in [0.4, 0.5) is 5.69 Å². The maximum atomic E-state index is 12.4. The van der Waals surface area contributed by atoms with Crippen LogP contribution in [0.15, 0.2) is 72.8 Å². The summed E-state index contributed by atoms with van der Waals surface area (Å²) in [5.74, 6) is 0.164. The van der Waals surface area contributed by atoms with E-state index in [0.717, 1.165) is 11.8 Å². The zero-order valence-electron chi connectivity index (χ0n) is 18.2. The summed E-state index contributed by atoms with van der Waals surface area (Å²) < 4.78 is 31.6. The fourth-order valence-electron chi connectivity index (χ4n) is 3.16. The number of carbonyl (C=O) groups is 1. The maximum Gasteiger partial charge on any atom is 0.258 e. The lowest BCUT2D eigenvalue weighted by molar-refractivity contribution is -0.123. The number of carbonyl (C=O) groups excluding carboxylic acids is 1. The summed E-state index contributed by atoms with van der Waals surface area (Å²) in [5, 5.41) is 3.98. The van der Waals surface area contributed by atoms with E-state index < -0.39 is 10.0 Å². The van der Waals surface area contributed by atoms with Crippen molar-refractivity contribution in [3.8, 4) is 5.75 Å². The zero-order chi connectivity index (χ0) is 24.0. The zero-order valence-corrected chi connectivity index (χ0v) is 20.5. The van der Waals surface area contributed by atoms with E-state index in [1.807, 2.05) is 19.1 Å². The molecule has 0 aliphatic rings. The molecule has 0 saturated heterocycles. The second-order valence-electron chi connectivity index (χ2n) is 7.48. The van der Waals surface area contributed by atoms with Gasteiger partial charge in [0.05, 0.1) is 24.5 Å². The number of halogens is 2. The second kappa shape index (κ2) is 10.9. The van der Waals surface area contributed by atoms with Crippen molar-refractivity contribution < 1.29 is 17.9 Å². The first-order valence-corrected chi connectivity index (χ1v) is 12.7. The highest BCUT2D eigenvalue weighted by Gasteiger charge is 2.19. The van der Waals surface area contributed by atoms with Gasteiger partial charge in [-0.3, -0.25) is 9.10 Å². The summed E-state index contributed by atoms with van der Waals surface area (Å²) in [4.78, 5) is 12.2. The monoisotopic (exact) mass is 506 g/mol. The third-order valence-corrected chi connectivity index (χ3v) is 6.68. The van der Waals surface area contributed by atoms with Crippen LogP contribution in [0.3, 0.4) is 0 Å². The van der Waals surface area contributed by atoms with E-state index in [2.05, 4.69) is 5.32 Å². The Balaban J connectivity index is 1.61. The summed E-state index contributed by atoms with van der Waals surface area (Å²) in [5.41, 5.74) is 2.08. The summed E-state index contributed by atoms with van der Waals surface area (Å²) in [6.07, 6.45) is 1.14. The molecular formula is C24H24Cl2N2O4S. The molecule has 0 bridgehead atoms. The molecule has 1 amide bonds. The first kappa shape index (κ1) is 24.9. The lowest BCUT2D eigenvalue weighted by Crippen LogP contribution is -2.31. The van der Waals surface area contributed by atoms with Crippen LogP contribution in [0.2, 0.25) is 10.0 Å². The molecule has 0 heterocycles. The van der Waals surface area contributed by atoms with Crippen LogP contribution in [0.5, 0.6) is 5.75 Å². The van der Waals surface area contributed by atoms with Gasteiger partial charge in [0.25, 0.3) is 5.91 Å². The first-order valence-electron chi connectivity index (χ1n) is 10.1. The predicted octanol–water partition coefficient (Wildman–Crippen LogP) is 5.22. The van der Waals surface area contributed by atoms with E-state index in [1.165, 1.54) is 4.31 Å². The van der Waals surface area contributed by atoms with E-state index in [4.69, 9.17) is 27.9 Å².